The largest absolute Gasteiger partial charge is 0.479 e. The lowest BCUT2D eigenvalue weighted by Gasteiger charge is -2.19. The van der Waals surface area contributed by atoms with Crippen molar-refractivity contribution in [3.8, 4) is 0 Å². The third kappa shape index (κ3) is 2.18. The van der Waals surface area contributed by atoms with Crippen LogP contribution in [-0.4, -0.2) is 29.1 Å². The molecule has 0 aliphatic rings. The molecule has 0 aliphatic carbocycles. The number of aliphatic carboxylic acids is 1. The van der Waals surface area contributed by atoms with E-state index in [0.717, 1.165) is 0 Å². The number of carbonyl (C=O) groups is 2. The summed E-state index contributed by atoms with van der Waals surface area (Å²) >= 11 is 0. The molecule has 0 aliphatic heterocycles. The number of hydrogen-bond donors (Lipinski definition) is 4. The highest BCUT2D eigenvalue weighted by molar-refractivity contribution is 6.05. The highest BCUT2D eigenvalue weighted by atomic mass is 16.4. The predicted molar refractivity (Wildman–Crippen MR) is 42.0 cm³/mol. The summed E-state index contributed by atoms with van der Waals surface area (Å²) in [7, 11) is 0. The minimum Gasteiger partial charge on any atom is -0.479 e. The van der Waals surface area contributed by atoms with Gasteiger partial charge in [-0.1, -0.05) is 0 Å². The van der Waals surface area contributed by atoms with Gasteiger partial charge in [-0.05, 0) is 19.4 Å². The number of primary amides is 1. The fraction of sp³-hybridized carbons (Fsp3) is 0.667. The van der Waals surface area contributed by atoms with Gasteiger partial charge in [-0.3, -0.25) is 4.79 Å². The van der Waals surface area contributed by atoms with Crippen LogP contribution in [0.15, 0.2) is 0 Å². The summed E-state index contributed by atoms with van der Waals surface area (Å²) in [5, 5.41) is 8.56. The van der Waals surface area contributed by atoms with Crippen LogP contribution in [0.25, 0.3) is 0 Å². The first-order valence-corrected chi connectivity index (χ1v) is 3.47. The zero-order valence-electron chi connectivity index (χ0n) is 6.62. The smallest absolute Gasteiger partial charge is 0.333 e. The average molecular weight is 175 g/mol. The van der Waals surface area contributed by atoms with E-state index in [-0.39, 0.29) is 13.0 Å². The van der Waals surface area contributed by atoms with E-state index < -0.39 is 17.4 Å². The van der Waals surface area contributed by atoms with Crippen molar-refractivity contribution in [2.45, 2.75) is 18.4 Å². The molecular weight excluding hydrogens is 162 g/mol. The van der Waals surface area contributed by atoms with Gasteiger partial charge < -0.3 is 22.3 Å². The standard InChI is InChI=1S/C6H13N3O3/c7-3-1-2-6(9,4(8)10)5(11)12/h1-3,7,9H2,(H2,8,10)(H,11,12)/t6-/m1/s1. The van der Waals surface area contributed by atoms with Gasteiger partial charge in [-0.25, -0.2) is 4.79 Å². The maximum Gasteiger partial charge on any atom is 0.333 e. The molecule has 1 amide bonds. The zero-order chi connectivity index (χ0) is 9.78. The highest BCUT2D eigenvalue weighted by Crippen LogP contribution is 2.08. The first-order chi connectivity index (χ1) is 5.45. The van der Waals surface area contributed by atoms with Crippen LogP contribution in [0, 0.1) is 0 Å². The lowest BCUT2D eigenvalue weighted by molar-refractivity contribution is -0.148. The summed E-state index contributed by atoms with van der Waals surface area (Å²) in [5.41, 5.74) is 13.2. The van der Waals surface area contributed by atoms with Gasteiger partial charge in [0.2, 0.25) is 5.91 Å². The zero-order valence-corrected chi connectivity index (χ0v) is 6.62. The maximum absolute atomic E-state index is 10.6. The van der Waals surface area contributed by atoms with Crippen molar-refractivity contribution >= 4 is 11.9 Å². The normalized spacial score (nSPS) is 15.2. The number of amides is 1. The van der Waals surface area contributed by atoms with E-state index in [2.05, 4.69) is 0 Å². The Kier molecular flexibility index (Phi) is 3.65. The molecule has 12 heavy (non-hydrogen) atoms. The number of carbonyl (C=O) groups excluding carboxylic acids is 1. The first kappa shape index (κ1) is 10.9. The van der Waals surface area contributed by atoms with Gasteiger partial charge in [0.15, 0.2) is 5.54 Å². The van der Waals surface area contributed by atoms with Gasteiger partial charge in [0.05, 0.1) is 0 Å². The Balaban J connectivity index is 4.40. The van der Waals surface area contributed by atoms with Gasteiger partial charge in [0.25, 0.3) is 0 Å². The van der Waals surface area contributed by atoms with Crippen molar-refractivity contribution in [2.24, 2.45) is 17.2 Å². The molecule has 0 aromatic carbocycles. The van der Waals surface area contributed by atoms with Gasteiger partial charge in [0, 0.05) is 0 Å². The number of carboxylic acid groups (broad SMARTS) is 1. The van der Waals surface area contributed by atoms with Crippen LogP contribution < -0.4 is 17.2 Å². The topological polar surface area (TPSA) is 132 Å². The van der Waals surface area contributed by atoms with E-state index in [1.54, 1.807) is 0 Å². The fourth-order valence-electron chi connectivity index (χ4n) is 0.716. The first-order valence-electron chi connectivity index (χ1n) is 3.47. The van der Waals surface area contributed by atoms with Crippen molar-refractivity contribution in [1.29, 1.82) is 0 Å². The quantitative estimate of drug-likeness (QED) is 0.358. The maximum atomic E-state index is 10.6. The molecule has 0 spiro atoms. The number of nitrogens with two attached hydrogens (primary N) is 3. The second-order valence-corrected chi connectivity index (χ2v) is 2.53. The molecule has 0 saturated carbocycles. The summed E-state index contributed by atoms with van der Waals surface area (Å²) < 4.78 is 0. The summed E-state index contributed by atoms with van der Waals surface area (Å²) in [6, 6.07) is 0. The molecule has 1 atom stereocenters. The SMILES string of the molecule is NCCC[C@@](N)(C(N)=O)C(=O)O. The monoisotopic (exact) mass is 175 g/mol. The van der Waals surface area contributed by atoms with Gasteiger partial charge >= 0.3 is 5.97 Å². The molecule has 0 unspecified atom stereocenters. The lowest BCUT2D eigenvalue weighted by atomic mass is 9.94. The van der Waals surface area contributed by atoms with Crippen molar-refractivity contribution in [2.75, 3.05) is 6.54 Å². The van der Waals surface area contributed by atoms with Crippen LogP contribution in [0.1, 0.15) is 12.8 Å². The van der Waals surface area contributed by atoms with Crippen molar-refractivity contribution in [3.05, 3.63) is 0 Å². The van der Waals surface area contributed by atoms with Crippen LogP contribution in [-0.2, 0) is 9.59 Å². The summed E-state index contributed by atoms with van der Waals surface area (Å²) in [5.74, 6) is -2.45. The summed E-state index contributed by atoms with van der Waals surface area (Å²) in [4.78, 5) is 21.1. The molecule has 0 heterocycles. The number of rotatable bonds is 5. The van der Waals surface area contributed by atoms with Gasteiger partial charge in [-0.15, -0.1) is 0 Å². The third-order valence-corrected chi connectivity index (χ3v) is 1.60. The Hall–Kier alpha value is -1.14. The van der Waals surface area contributed by atoms with Crippen LogP contribution >= 0.6 is 0 Å². The van der Waals surface area contributed by atoms with Crippen LogP contribution in [0.2, 0.25) is 0 Å². The van der Waals surface area contributed by atoms with Crippen molar-refractivity contribution in [3.63, 3.8) is 0 Å². The van der Waals surface area contributed by atoms with Crippen LogP contribution in [0.3, 0.4) is 0 Å². The Morgan fingerprint density at radius 2 is 1.92 bits per heavy atom. The van der Waals surface area contributed by atoms with Crippen molar-refractivity contribution < 1.29 is 14.7 Å². The summed E-state index contributed by atoms with van der Waals surface area (Å²) in [6.45, 7) is 0.277. The predicted octanol–water partition coefficient (Wildman–Crippen LogP) is -2.01. The molecular formula is C6H13N3O3. The molecule has 0 saturated heterocycles. The molecule has 6 heteroatoms. The minimum atomic E-state index is -1.97. The molecule has 0 radical (unpaired) electrons. The van der Waals surface area contributed by atoms with Crippen molar-refractivity contribution in [1.82, 2.24) is 0 Å². The summed E-state index contributed by atoms with van der Waals surface area (Å²) in [6.07, 6.45) is 0.319. The molecule has 0 aromatic heterocycles. The van der Waals surface area contributed by atoms with E-state index in [1.807, 2.05) is 0 Å². The van der Waals surface area contributed by atoms with Crippen LogP contribution in [0.5, 0.6) is 0 Å². The average Bonchev–Trinajstić information content (AvgIpc) is 1.99. The second kappa shape index (κ2) is 4.03. The molecule has 0 bridgehead atoms. The minimum absolute atomic E-state index is 0.0336. The molecule has 70 valence electrons. The Bertz CT molecular complexity index is 178. The van der Waals surface area contributed by atoms with E-state index >= 15 is 0 Å². The Labute approximate surface area is 69.7 Å². The Morgan fingerprint density at radius 1 is 1.42 bits per heavy atom. The molecule has 7 N–H and O–H groups in total. The number of hydrogen-bond acceptors (Lipinski definition) is 4. The molecule has 6 nitrogen and oxygen atoms in total. The van der Waals surface area contributed by atoms with E-state index in [9.17, 15) is 9.59 Å². The molecule has 0 fully saturated rings. The highest BCUT2D eigenvalue weighted by Gasteiger charge is 2.39. The van der Waals surface area contributed by atoms with E-state index in [0.29, 0.717) is 6.42 Å². The molecule has 0 rings (SSSR count). The second-order valence-electron chi connectivity index (χ2n) is 2.53. The van der Waals surface area contributed by atoms with Crippen LogP contribution in [0.4, 0.5) is 0 Å². The lowest BCUT2D eigenvalue weighted by Crippen LogP contribution is -2.58. The molecule has 0 aromatic rings. The fourth-order valence-corrected chi connectivity index (χ4v) is 0.716. The van der Waals surface area contributed by atoms with Gasteiger partial charge in [-0.2, -0.15) is 0 Å². The van der Waals surface area contributed by atoms with E-state index in [4.69, 9.17) is 22.3 Å². The van der Waals surface area contributed by atoms with E-state index in [1.165, 1.54) is 0 Å². The third-order valence-electron chi connectivity index (χ3n) is 1.60. The number of carboxylic acids is 1. The Morgan fingerprint density at radius 3 is 2.17 bits per heavy atom. The van der Waals surface area contributed by atoms with Gasteiger partial charge in [0.1, 0.15) is 0 Å².